The molecule has 2 bridgehead atoms. The second-order valence-electron chi connectivity index (χ2n) is 10.8. The molecule has 1 aromatic heterocycles. The number of benzene rings is 1. The lowest BCUT2D eigenvalue weighted by Gasteiger charge is -2.42. The maximum absolute atomic E-state index is 13.6. The first-order valence-electron chi connectivity index (χ1n) is 13.3. The van der Waals surface area contributed by atoms with Crippen LogP contribution >= 0.6 is 0 Å². The highest BCUT2D eigenvalue weighted by Crippen LogP contribution is 2.41. The zero-order valence-electron chi connectivity index (χ0n) is 20.5. The third-order valence-corrected chi connectivity index (χ3v) is 10.4. The maximum Gasteiger partial charge on any atom is 0.282 e. The van der Waals surface area contributed by atoms with E-state index < -0.39 is 10.2 Å². The number of piperidine rings is 2. The summed E-state index contributed by atoms with van der Waals surface area (Å²) in [6, 6.07) is 12.2. The Morgan fingerprint density at radius 1 is 0.972 bits per heavy atom. The van der Waals surface area contributed by atoms with Gasteiger partial charge in [0.2, 0.25) is 0 Å². The Bertz CT molecular complexity index is 1160. The summed E-state index contributed by atoms with van der Waals surface area (Å²) in [5.41, 5.74) is 1.56. The van der Waals surface area contributed by atoms with Gasteiger partial charge in [-0.1, -0.05) is 35.5 Å². The van der Waals surface area contributed by atoms with Crippen LogP contribution in [-0.4, -0.2) is 65.3 Å². The van der Waals surface area contributed by atoms with E-state index in [-0.39, 0.29) is 24.0 Å². The molecule has 4 aliphatic rings. The minimum absolute atomic E-state index is 0.0459. The van der Waals surface area contributed by atoms with Crippen LogP contribution in [0, 0.1) is 0 Å². The summed E-state index contributed by atoms with van der Waals surface area (Å²) in [5.74, 6) is 0.977. The van der Waals surface area contributed by atoms with E-state index in [0.717, 1.165) is 50.8 Å². The number of hydrogen-bond acceptors (Lipinski definition) is 6. The van der Waals surface area contributed by atoms with Crippen LogP contribution in [0.4, 0.5) is 0 Å². The van der Waals surface area contributed by atoms with E-state index in [0.29, 0.717) is 43.6 Å². The predicted octanol–water partition coefficient (Wildman–Crippen LogP) is 2.78. The first-order chi connectivity index (χ1) is 17.5. The van der Waals surface area contributed by atoms with Crippen molar-refractivity contribution in [1.29, 1.82) is 0 Å². The molecule has 3 aliphatic heterocycles. The minimum atomic E-state index is -3.52. The Balaban J connectivity index is 1.02. The van der Waals surface area contributed by atoms with Gasteiger partial charge in [0.1, 0.15) is 5.76 Å². The topological polar surface area (TPSA) is 108 Å². The lowest BCUT2D eigenvalue weighted by atomic mass is 9.99. The number of nitrogens with zero attached hydrogens (tertiary/aromatic N) is 3. The van der Waals surface area contributed by atoms with Gasteiger partial charge in [0.05, 0.1) is 0 Å². The number of rotatable bonds is 8. The molecule has 10 heteroatoms. The summed E-state index contributed by atoms with van der Waals surface area (Å²) in [5, 5.41) is 10.6. The van der Waals surface area contributed by atoms with Gasteiger partial charge in [0.25, 0.3) is 16.1 Å². The molecule has 1 aromatic carbocycles. The fourth-order valence-corrected chi connectivity index (χ4v) is 8.20. The molecule has 1 amide bonds. The second-order valence-corrected chi connectivity index (χ2v) is 12.6. The second kappa shape index (κ2) is 9.89. The zero-order chi connectivity index (χ0) is 24.7. The van der Waals surface area contributed by atoms with E-state index in [1.54, 1.807) is 14.7 Å². The fraction of sp³-hybridized carbons (Fsp3) is 0.615. The highest BCUT2D eigenvalue weighted by Gasteiger charge is 2.49. The van der Waals surface area contributed by atoms with E-state index in [4.69, 9.17) is 4.52 Å². The summed E-state index contributed by atoms with van der Waals surface area (Å²) < 4.78 is 36.0. The Morgan fingerprint density at radius 3 is 2.33 bits per heavy atom. The van der Waals surface area contributed by atoms with Crippen molar-refractivity contribution in [3.63, 3.8) is 0 Å². The van der Waals surface area contributed by atoms with Crippen molar-refractivity contribution in [2.75, 3.05) is 13.1 Å². The molecule has 2 N–H and O–H groups in total. The molecule has 194 valence electrons. The van der Waals surface area contributed by atoms with E-state index >= 15 is 0 Å². The lowest BCUT2D eigenvalue weighted by molar-refractivity contribution is 0.0897. The average Bonchev–Trinajstić information content (AvgIpc) is 3.54. The molecule has 3 atom stereocenters. The van der Waals surface area contributed by atoms with Crippen LogP contribution in [0.25, 0.3) is 0 Å². The van der Waals surface area contributed by atoms with Crippen LogP contribution < -0.4 is 10.6 Å². The summed E-state index contributed by atoms with van der Waals surface area (Å²) in [7, 11) is -3.52. The summed E-state index contributed by atoms with van der Waals surface area (Å²) >= 11 is 0. The first kappa shape index (κ1) is 24.1. The van der Waals surface area contributed by atoms with Gasteiger partial charge in [0.15, 0.2) is 5.69 Å². The number of carbonyl (C=O) groups is 1. The molecule has 0 radical (unpaired) electrons. The average molecular weight is 514 g/mol. The zero-order valence-corrected chi connectivity index (χ0v) is 21.3. The van der Waals surface area contributed by atoms with Crippen LogP contribution in [0.5, 0.6) is 0 Å². The molecular formula is C26H35N5O4S. The third kappa shape index (κ3) is 4.96. The summed E-state index contributed by atoms with van der Waals surface area (Å²) in [4.78, 5) is 12.7. The quantitative estimate of drug-likeness (QED) is 0.562. The lowest BCUT2D eigenvalue weighted by Crippen LogP contribution is -2.57. The van der Waals surface area contributed by atoms with Crippen molar-refractivity contribution in [2.45, 2.75) is 88.0 Å². The van der Waals surface area contributed by atoms with Gasteiger partial charge in [-0.3, -0.25) is 4.79 Å². The third-order valence-electron chi connectivity index (χ3n) is 8.23. The SMILES string of the molecule is O=C(NC1C[C@H]2CC[C@@H](C1)N2S(=O)(=O)N1CCC(NCc2ccccc2)CC1)c1cc(C2CC2)on1. The molecule has 6 rings (SSSR count). The van der Waals surface area contributed by atoms with Gasteiger partial charge >= 0.3 is 0 Å². The van der Waals surface area contributed by atoms with E-state index in [1.807, 2.05) is 18.2 Å². The maximum atomic E-state index is 13.6. The Kier molecular flexibility index (Phi) is 6.62. The van der Waals surface area contributed by atoms with E-state index in [1.165, 1.54) is 5.56 Å². The smallest absolute Gasteiger partial charge is 0.282 e. The van der Waals surface area contributed by atoms with Crippen molar-refractivity contribution in [2.24, 2.45) is 0 Å². The van der Waals surface area contributed by atoms with Crippen LogP contribution in [0.3, 0.4) is 0 Å². The number of nitrogens with one attached hydrogen (secondary N) is 2. The summed E-state index contributed by atoms with van der Waals surface area (Å²) in [6.07, 6.45) is 6.79. The molecular weight excluding hydrogens is 478 g/mol. The van der Waals surface area contributed by atoms with E-state index in [9.17, 15) is 13.2 Å². The van der Waals surface area contributed by atoms with Gasteiger partial charge in [-0.05, 0) is 56.9 Å². The first-order valence-corrected chi connectivity index (χ1v) is 14.7. The number of amides is 1. The largest absolute Gasteiger partial charge is 0.360 e. The van der Waals surface area contributed by atoms with Gasteiger partial charge in [-0.15, -0.1) is 0 Å². The standard InChI is InChI=1S/C26H35N5O4S/c32-26(24-16-25(35-29-24)19-6-7-19)28-21-14-22-8-9-23(15-21)31(22)36(33,34)30-12-10-20(11-13-30)27-17-18-4-2-1-3-5-18/h1-5,16,19-23,27H,6-15,17H2,(H,28,32)/t21?,22-,23+. The molecule has 0 spiro atoms. The highest BCUT2D eigenvalue weighted by atomic mass is 32.2. The molecule has 9 nitrogen and oxygen atoms in total. The van der Waals surface area contributed by atoms with Crippen LogP contribution in [-0.2, 0) is 16.8 Å². The molecule has 2 aromatic rings. The summed E-state index contributed by atoms with van der Waals surface area (Å²) in [6.45, 7) is 1.89. The van der Waals surface area contributed by atoms with Gasteiger partial charge in [-0.2, -0.15) is 17.0 Å². The van der Waals surface area contributed by atoms with Gasteiger partial charge in [0, 0.05) is 55.8 Å². The molecule has 1 aliphatic carbocycles. The number of carbonyl (C=O) groups excluding carboxylic acids is 1. The minimum Gasteiger partial charge on any atom is -0.360 e. The number of hydrogen-bond donors (Lipinski definition) is 2. The predicted molar refractivity (Wildman–Crippen MR) is 134 cm³/mol. The Morgan fingerprint density at radius 2 is 1.67 bits per heavy atom. The monoisotopic (exact) mass is 513 g/mol. The number of aromatic nitrogens is 1. The van der Waals surface area contributed by atoms with Gasteiger partial charge < -0.3 is 15.2 Å². The van der Waals surface area contributed by atoms with Crippen molar-refractivity contribution in [3.8, 4) is 0 Å². The Labute approximate surface area is 212 Å². The fourth-order valence-electron chi connectivity index (χ4n) is 6.13. The molecule has 1 unspecified atom stereocenters. The van der Waals surface area contributed by atoms with Crippen LogP contribution in [0.2, 0.25) is 0 Å². The molecule has 4 heterocycles. The highest BCUT2D eigenvalue weighted by molar-refractivity contribution is 7.86. The number of fused-ring (bicyclic) bond motifs is 2. The molecule has 4 fully saturated rings. The van der Waals surface area contributed by atoms with Crippen LogP contribution in [0.15, 0.2) is 40.9 Å². The van der Waals surface area contributed by atoms with Crippen molar-refractivity contribution in [1.82, 2.24) is 24.4 Å². The van der Waals surface area contributed by atoms with Gasteiger partial charge in [-0.25, -0.2) is 0 Å². The van der Waals surface area contributed by atoms with Crippen molar-refractivity contribution in [3.05, 3.63) is 53.4 Å². The Hall–Kier alpha value is -2.27. The van der Waals surface area contributed by atoms with Crippen molar-refractivity contribution < 1.29 is 17.7 Å². The molecule has 36 heavy (non-hydrogen) atoms. The van der Waals surface area contributed by atoms with E-state index in [2.05, 4.69) is 27.9 Å². The normalized spacial score (nSPS) is 27.8. The molecule has 1 saturated carbocycles. The molecule has 3 saturated heterocycles. The van der Waals surface area contributed by atoms with Crippen molar-refractivity contribution >= 4 is 16.1 Å². The van der Waals surface area contributed by atoms with Crippen LogP contribution in [0.1, 0.15) is 79.1 Å².